The summed E-state index contributed by atoms with van der Waals surface area (Å²) in [4.78, 5) is 43.6. The SMILES string of the molecule is Cc1c(C#Cc2cnn(CCCCOc3cccc(C=O)c3CN(C)C3CCC(=O)NC3=O)c2)sc2c1C(c1ccc(Cl)cc1)=NCc1nnc(C)n1-2. The summed E-state index contributed by atoms with van der Waals surface area (Å²) >= 11 is 7.80. The van der Waals surface area contributed by atoms with Crippen LogP contribution < -0.4 is 10.1 Å². The molecule has 2 amide bonds. The number of ether oxygens (including phenoxy) is 1. The van der Waals surface area contributed by atoms with Gasteiger partial charge in [-0.15, -0.1) is 21.5 Å². The number of aryl methyl sites for hydroxylation is 2. The van der Waals surface area contributed by atoms with Gasteiger partial charge in [-0.3, -0.25) is 38.8 Å². The second-order valence-electron chi connectivity index (χ2n) is 13.0. The molecule has 1 saturated heterocycles. The Morgan fingerprint density at radius 1 is 1.11 bits per heavy atom. The Balaban J connectivity index is 0.990. The van der Waals surface area contributed by atoms with Crippen LogP contribution in [-0.4, -0.2) is 73.0 Å². The van der Waals surface area contributed by atoms with Crippen LogP contribution in [0.3, 0.4) is 0 Å². The Morgan fingerprint density at radius 2 is 1.94 bits per heavy atom. The molecule has 1 N–H and O–H groups in total. The van der Waals surface area contributed by atoms with Crippen molar-refractivity contribution in [2.45, 2.75) is 65.2 Å². The van der Waals surface area contributed by atoms with E-state index in [9.17, 15) is 14.4 Å². The number of piperidine rings is 1. The van der Waals surface area contributed by atoms with Gasteiger partial charge in [-0.1, -0.05) is 47.7 Å². The van der Waals surface area contributed by atoms with Crippen LogP contribution in [0, 0.1) is 25.7 Å². The monoisotopic (exact) mass is 748 g/mol. The van der Waals surface area contributed by atoms with Crippen LogP contribution in [0.5, 0.6) is 5.75 Å². The maximum absolute atomic E-state index is 12.4. The van der Waals surface area contributed by atoms with Gasteiger partial charge in [0.25, 0.3) is 0 Å². The van der Waals surface area contributed by atoms with Crippen molar-refractivity contribution in [3.63, 3.8) is 0 Å². The molecule has 14 heteroatoms. The lowest BCUT2D eigenvalue weighted by Gasteiger charge is -2.30. The maximum Gasteiger partial charge on any atom is 0.243 e. The summed E-state index contributed by atoms with van der Waals surface area (Å²) in [6.07, 6.45) is 6.82. The molecule has 1 fully saturated rings. The molecule has 1 unspecified atom stereocenters. The third kappa shape index (κ3) is 7.71. The second kappa shape index (κ2) is 15.7. The number of unbranched alkanes of at least 4 members (excludes halogenated alkanes) is 1. The largest absolute Gasteiger partial charge is 0.493 e. The second-order valence-corrected chi connectivity index (χ2v) is 14.5. The number of hydrogen-bond donors (Lipinski definition) is 1. The van der Waals surface area contributed by atoms with Crippen molar-refractivity contribution in [2.24, 2.45) is 4.99 Å². The Hall–Kier alpha value is -5.42. The number of aldehydes is 1. The van der Waals surface area contributed by atoms with E-state index in [0.29, 0.717) is 54.6 Å². The van der Waals surface area contributed by atoms with E-state index in [-0.39, 0.29) is 18.2 Å². The average molecular weight is 749 g/mol. The first-order chi connectivity index (χ1) is 25.7. The van der Waals surface area contributed by atoms with Gasteiger partial charge in [-0.2, -0.15) is 5.10 Å². The molecule has 2 aliphatic heterocycles. The molecule has 5 heterocycles. The molecule has 0 saturated carbocycles. The van der Waals surface area contributed by atoms with Crippen molar-refractivity contribution in [3.05, 3.63) is 110 Å². The van der Waals surface area contributed by atoms with Crippen molar-refractivity contribution < 1.29 is 19.1 Å². The van der Waals surface area contributed by atoms with E-state index in [0.717, 1.165) is 68.6 Å². The molecule has 0 bridgehead atoms. The lowest BCUT2D eigenvalue weighted by atomic mass is 10.00. The molecule has 3 aromatic heterocycles. The number of benzene rings is 2. The Bertz CT molecular complexity index is 2290. The number of nitrogens with one attached hydrogen (secondary N) is 1. The van der Waals surface area contributed by atoms with E-state index in [2.05, 4.69) is 43.9 Å². The van der Waals surface area contributed by atoms with E-state index < -0.39 is 6.04 Å². The molecule has 2 aromatic carbocycles. The van der Waals surface area contributed by atoms with Gasteiger partial charge >= 0.3 is 0 Å². The van der Waals surface area contributed by atoms with Gasteiger partial charge in [0.05, 0.1) is 35.0 Å². The molecule has 0 radical (unpaired) electrons. The van der Waals surface area contributed by atoms with Gasteiger partial charge in [0.2, 0.25) is 11.8 Å². The molecule has 2 aliphatic rings. The highest BCUT2D eigenvalue weighted by Gasteiger charge is 2.31. The van der Waals surface area contributed by atoms with Gasteiger partial charge in [0.1, 0.15) is 23.1 Å². The fourth-order valence-corrected chi connectivity index (χ4v) is 7.95. The van der Waals surface area contributed by atoms with Crippen molar-refractivity contribution in [3.8, 4) is 22.6 Å². The Labute approximate surface area is 315 Å². The fourth-order valence-electron chi connectivity index (χ4n) is 6.60. The number of imide groups is 1. The summed E-state index contributed by atoms with van der Waals surface area (Å²) < 4.78 is 10.1. The highest BCUT2D eigenvalue weighted by atomic mass is 35.5. The van der Waals surface area contributed by atoms with Crippen LogP contribution in [0.25, 0.3) is 5.00 Å². The number of halogens is 1. The molecular weight excluding hydrogens is 712 g/mol. The molecule has 270 valence electrons. The number of thiophene rings is 1. The van der Waals surface area contributed by atoms with Gasteiger partial charge in [0.15, 0.2) is 12.1 Å². The number of carbonyl (C=O) groups is 3. The first-order valence-electron chi connectivity index (χ1n) is 17.3. The molecule has 7 rings (SSSR count). The molecule has 12 nitrogen and oxygen atoms in total. The lowest BCUT2D eigenvalue weighted by Crippen LogP contribution is -2.51. The van der Waals surface area contributed by atoms with Crippen LogP contribution in [0.1, 0.15) is 80.4 Å². The van der Waals surface area contributed by atoms with Crippen molar-refractivity contribution in [2.75, 3.05) is 13.7 Å². The summed E-state index contributed by atoms with van der Waals surface area (Å²) in [5.41, 5.74) is 5.96. The third-order valence-electron chi connectivity index (χ3n) is 9.39. The maximum atomic E-state index is 12.4. The molecular formula is C39H37ClN8O4S. The van der Waals surface area contributed by atoms with E-state index >= 15 is 0 Å². The first kappa shape index (κ1) is 36.0. The van der Waals surface area contributed by atoms with Crippen LogP contribution >= 0.6 is 22.9 Å². The van der Waals surface area contributed by atoms with Gasteiger partial charge in [-0.05, 0) is 63.9 Å². The lowest BCUT2D eigenvalue weighted by molar-refractivity contribution is -0.137. The number of aliphatic imine (C=N–C) groups is 1. The molecule has 0 aliphatic carbocycles. The number of nitrogens with zero attached hydrogens (tertiary/aromatic N) is 7. The predicted molar refractivity (Wildman–Crippen MR) is 202 cm³/mol. The van der Waals surface area contributed by atoms with E-state index in [4.69, 9.17) is 21.3 Å². The van der Waals surface area contributed by atoms with E-state index in [1.54, 1.807) is 29.7 Å². The zero-order chi connectivity index (χ0) is 37.1. The van der Waals surface area contributed by atoms with Crippen molar-refractivity contribution in [1.82, 2.24) is 34.8 Å². The molecule has 5 aromatic rings. The third-order valence-corrected chi connectivity index (χ3v) is 10.8. The van der Waals surface area contributed by atoms with Gasteiger partial charge in [-0.25, -0.2) is 0 Å². The quantitative estimate of drug-likeness (QED) is 0.0815. The first-order valence-corrected chi connectivity index (χ1v) is 18.5. The summed E-state index contributed by atoms with van der Waals surface area (Å²) in [7, 11) is 1.81. The number of fused-ring (bicyclic) bond motifs is 3. The topological polar surface area (TPSA) is 137 Å². The Morgan fingerprint density at radius 3 is 2.74 bits per heavy atom. The highest BCUT2D eigenvalue weighted by Crippen LogP contribution is 2.36. The summed E-state index contributed by atoms with van der Waals surface area (Å²) in [5.74, 6) is 8.30. The number of amides is 2. The van der Waals surface area contributed by atoms with E-state index in [1.807, 2.05) is 60.1 Å². The van der Waals surface area contributed by atoms with Crippen LogP contribution in [0.4, 0.5) is 0 Å². The highest BCUT2D eigenvalue weighted by molar-refractivity contribution is 7.15. The standard InChI is InChI=1S/C39H37ClN8O4S/c1-24-33(53-39-36(24)37(27-10-12-29(40)13-11-27)41-20-34-45-44-25(2)48(34)39)15-9-26-19-42-47(21-26)17-4-5-18-52-32-8-6-7-28(23-49)30(32)22-46(3)31-14-16-35(50)43-38(31)51/h6-8,10-13,19,21,23,31H,4-5,14,16-18,20,22H2,1-3H3,(H,43,50,51). The number of hydrogen-bond acceptors (Lipinski definition) is 10. The van der Waals surface area contributed by atoms with Crippen LogP contribution in [0.15, 0.2) is 59.9 Å². The molecule has 53 heavy (non-hydrogen) atoms. The summed E-state index contributed by atoms with van der Waals surface area (Å²) in [6.45, 7) is 5.92. The number of likely N-dealkylation sites (N-methyl/N-ethyl adjacent to an activating group) is 1. The summed E-state index contributed by atoms with van der Waals surface area (Å²) in [5, 5.41) is 17.3. The summed E-state index contributed by atoms with van der Waals surface area (Å²) in [6, 6.07) is 12.6. The average Bonchev–Trinajstić information content (AvgIpc) is 3.81. The number of rotatable bonds is 11. The minimum absolute atomic E-state index is 0.262. The molecule has 1 atom stereocenters. The predicted octanol–water partition coefficient (Wildman–Crippen LogP) is 5.46. The normalized spacial score (nSPS) is 15.2. The van der Waals surface area contributed by atoms with Gasteiger partial charge in [0, 0.05) is 53.0 Å². The Kier molecular flexibility index (Phi) is 10.6. The van der Waals surface area contributed by atoms with Crippen molar-refractivity contribution >= 4 is 46.7 Å². The van der Waals surface area contributed by atoms with Crippen LogP contribution in [-0.2, 0) is 29.2 Å². The minimum atomic E-state index is -0.456. The van der Waals surface area contributed by atoms with E-state index in [1.165, 1.54) is 0 Å². The zero-order valence-electron chi connectivity index (χ0n) is 29.6. The number of carbonyl (C=O) groups excluding carboxylic acids is 3. The smallest absolute Gasteiger partial charge is 0.243 e. The molecule has 0 spiro atoms. The number of aromatic nitrogens is 5. The van der Waals surface area contributed by atoms with Crippen molar-refractivity contribution in [1.29, 1.82) is 0 Å². The van der Waals surface area contributed by atoms with Crippen LogP contribution in [0.2, 0.25) is 5.02 Å². The minimum Gasteiger partial charge on any atom is -0.493 e. The van der Waals surface area contributed by atoms with Gasteiger partial charge < -0.3 is 4.74 Å². The zero-order valence-corrected chi connectivity index (χ0v) is 31.1. The fraction of sp³-hybridized carbons (Fsp3) is 0.308.